The fourth-order valence-electron chi connectivity index (χ4n) is 4.00. The highest BCUT2D eigenvalue weighted by Gasteiger charge is 2.31. The Morgan fingerprint density at radius 1 is 1.00 bits per heavy atom. The van der Waals surface area contributed by atoms with Crippen LogP contribution in [-0.2, 0) is 6.67 Å². The summed E-state index contributed by atoms with van der Waals surface area (Å²) in [6, 6.07) is 17.3. The van der Waals surface area contributed by atoms with Gasteiger partial charge in [0.25, 0.3) is 5.91 Å². The lowest BCUT2D eigenvalue weighted by molar-refractivity contribution is 0.0585. The maximum absolute atomic E-state index is 12.7. The molecule has 3 aromatic rings. The molecule has 2 heterocycles. The van der Waals surface area contributed by atoms with Crippen molar-refractivity contribution >= 4 is 29.7 Å². The van der Waals surface area contributed by atoms with Gasteiger partial charge in [0.1, 0.15) is 5.82 Å². The van der Waals surface area contributed by atoms with Crippen LogP contribution in [0.5, 0.6) is 0 Å². The highest BCUT2D eigenvalue weighted by atomic mass is 35.5. The first kappa shape index (κ1) is 20.4. The number of amides is 1. The molecule has 0 spiro atoms. The molecule has 31 heavy (non-hydrogen) atoms. The van der Waals surface area contributed by atoms with Gasteiger partial charge in [0.05, 0.1) is 6.67 Å². The number of hydrogen-bond acceptors (Lipinski definition) is 4. The molecule has 8 heteroatoms. The van der Waals surface area contributed by atoms with Crippen molar-refractivity contribution in [2.24, 2.45) is 0 Å². The summed E-state index contributed by atoms with van der Waals surface area (Å²) in [5.41, 5.74) is 1.75. The summed E-state index contributed by atoms with van der Waals surface area (Å²) >= 11 is 11.7. The van der Waals surface area contributed by atoms with Crippen molar-refractivity contribution in [3.8, 4) is 5.69 Å². The summed E-state index contributed by atoms with van der Waals surface area (Å²) in [6.45, 7) is 3.59. The normalized spacial score (nSPS) is 17.1. The molecule has 1 amide bonds. The molecule has 5 rings (SSSR count). The van der Waals surface area contributed by atoms with Gasteiger partial charge in [-0.2, -0.15) is 5.10 Å². The molecule has 0 radical (unpaired) electrons. The maximum atomic E-state index is 12.7. The molecule has 160 valence electrons. The van der Waals surface area contributed by atoms with E-state index in [1.54, 1.807) is 24.3 Å². The fraction of sp³-hybridized carbons (Fsp3) is 0.348. The molecule has 1 saturated carbocycles. The van der Waals surface area contributed by atoms with Crippen LogP contribution in [-0.4, -0.2) is 56.2 Å². The largest absolute Gasteiger partial charge is 0.336 e. The second-order valence-electron chi connectivity index (χ2n) is 8.14. The number of carbonyl (C=O) groups excluding carboxylic acids is 1. The third-order valence-electron chi connectivity index (χ3n) is 5.91. The fourth-order valence-corrected chi connectivity index (χ4v) is 4.42. The van der Waals surface area contributed by atoms with Crippen LogP contribution in [0.3, 0.4) is 0 Å². The number of para-hydroxylation sites is 1. The average molecular weight is 454 g/mol. The SMILES string of the molecule is O=C(c1ccc(Cl)cc1)N1CCN(Cn2nc(C3CC3)n(-c3ccccc3)c2=S)CC1. The molecule has 0 unspecified atom stereocenters. The van der Waals surface area contributed by atoms with E-state index in [4.69, 9.17) is 28.9 Å². The monoisotopic (exact) mass is 453 g/mol. The summed E-state index contributed by atoms with van der Waals surface area (Å²) < 4.78 is 4.78. The summed E-state index contributed by atoms with van der Waals surface area (Å²) in [5, 5.41) is 5.53. The Hall–Kier alpha value is -2.48. The van der Waals surface area contributed by atoms with E-state index >= 15 is 0 Å². The van der Waals surface area contributed by atoms with Crippen molar-refractivity contribution in [1.82, 2.24) is 24.1 Å². The van der Waals surface area contributed by atoms with Crippen molar-refractivity contribution in [3.63, 3.8) is 0 Å². The Bertz CT molecular complexity index is 1130. The first-order valence-electron chi connectivity index (χ1n) is 10.6. The minimum absolute atomic E-state index is 0.0531. The molecule has 2 aromatic carbocycles. The van der Waals surface area contributed by atoms with Crippen LogP contribution in [0.2, 0.25) is 5.02 Å². The Labute approximate surface area is 191 Å². The predicted molar refractivity (Wildman–Crippen MR) is 123 cm³/mol. The summed E-state index contributed by atoms with van der Waals surface area (Å²) in [4.78, 5) is 16.9. The number of halogens is 1. The van der Waals surface area contributed by atoms with E-state index in [1.807, 2.05) is 27.8 Å². The van der Waals surface area contributed by atoms with Gasteiger partial charge >= 0.3 is 0 Å². The van der Waals surface area contributed by atoms with Crippen LogP contribution in [0.4, 0.5) is 0 Å². The predicted octanol–water partition coefficient (Wildman–Crippen LogP) is 4.35. The summed E-state index contributed by atoms with van der Waals surface area (Å²) in [6.07, 6.45) is 2.34. The Morgan fingerprint density at radius 2 is 1.68 bits per heavy atom. The van der Waals surface area contributed by atoms with Gasteiger partial charge in [-0.05, 0) is 61.5 Å². The quantitative estimate of drug-likeness (QED) is 0.539. The van der Waals surface area contributed by atoms with Gasteiger partial charge < -0.3 is 4.90 Å². The van der Waals surface area contributed by atoms with Crippen LogP contribution in [0, 0.1) is 4.77 Å². The van der Waals surface area contributed by atoms with Crippen molar-refractivity contribution in [2.45, 2.75) is 25.4 Å². The molecule has 0 bridgehead atoms. The molecule has 6 nitrogen and oxygen atoms in total. The summed E-state index contributed by atoms with van der Waals surface area (Å²) in [7, 11) is 0. The zero-order valence-corrected chi connectivity index (χ0v) is 18.7. The van der Waals surface area contributed by atoms with E-state index in [1.165, 1.54) is 12.8 Å². The Kier molecular flexibility index (Phi) is 5.65. The molecule has 2 fully saturated rings. The number of rotatable bonds is 5. The molecule has 0 atom stereocenters. The molecule has 1 saturated heterocycles. The second kappa shape index (κ2) is 8.57. The zero-order valence-electron chi connectivity index (χ0n) is 17.2. The third-order valence-corrected chi connectivity index (χ3v) is 6.55. The highest BCUT2D eigenvalue weighted by molar-refractivity contribution is 7.71. The van der Waals surface area contributed by atoms with E-state index in [0.717, 1.165) is 29.4 Å². The lowest BCUT2D eigenvalue weighted by atomic mass is 10.2. The second-order valence-corrected chi connectivity index (χ2v) is 8.95. The minimum atomic E-state index is 0.0531. The van der Waals surface area contributed by atoms with Gasteiger partial charge in [-0.15, -0.1) is 0 Å². The van der Waals surface area contributed by atoms with Crippen molar-refractivity contribution in [2.75, 3.05) is 26.2 Å². The Morgan fingerprint density at radius 3 is 2.32 bits per heavy atom. The molecular weight excluding hydrogens is 430 g/mol. The van der Waals surface area contributed by atoms with Gasteiger partial charge in [0.15, 0.2) is 0 Å². The van der Waals surface area contributed by atoms with Gasteiger partial charge in [-0.25, -0.2) is 4.68 Å². The van der Waals surface area contributed by atoms with Crippen LogP contribution in [0.25, 0.3) is 5.69 Å². The van der Waals surface area contributed by atoms with Crippen molar-refractivity contribution in [1.29, 1.82) is 0 Å². The van der Waals surface area contributed by atoms with Gasteiger partial charge in [0.2, 0.25) is 4.77 Å². The minimum Gasteiger partial charge on any atom is -0.336 e. The lowest BCUT2D eigenvalue weighted by Crippen LogP contribution is -2.49. The van der Waals surface area contributed by atoms with E-state index < -0.39 is 0 Å². The molecule has 2 aliphatic rings. The van der Waals surface area contributed by atoms with Crippen LogP contribution >= 0.6 is 23.8 Å². The number of aromatic nitrogens is 3. The number of hydrogen-bond donors (Lipinski definition) is 0. The lowest BCUT2D eigenvalue weighted by Gasteiger charge is -2.34. The van der Waals surface area contributed by atoms with Gasteiger partial charge in [0, 0.05) is 48.4 Å². The van der Waals surface area contributed by atoms with E-state index in [9.17, 15) is 4.79 Å². The van der Waals surface area contributed by atoms with Crippen molar-refractivity contribution < 1.29 is 4.79 Å². The van der Waals surface area contributed by atoms with Crippen LogP contribution < -0.4 is 0 Å². The zero-order chi connectivity index (χ0) is 21.4. The highest BCUT2D eigenvalue weighted by Crippen LogP contribution is 2.40. The average Bonchev–Trinajstić information content (AvgIpc) is 3.60. The standard InChI is InChI=1S/C23H24ClN5OS/c24-19-10-8-18(9-11-19)22(30)27-14-12-26(13-15-27)16-28-23(31)29(20-4-2-1-3-5-20)21(25-28)17-6-7-17/h1-5,8-11,17H,6-7,12-16H2. The maximum Gasteiger partial charge on any atom is 0.253 e. The van der Waals surface area contributed by atoms with E-state index in [2.05, 4.69) is 21.6 Å². The van der Waals surface area contributed by atoms with E-state index in [-0.39, 0.29) is 5.91 Å². The van der Waals surface area contributed by atoms with Gasteiger partial charge in [-0.1, -0.05) is 29.8 Å². The number of nitrogens with zero attached hydrogens (tertiary/aromatic N) is 5. The Balaban J connectivity index is 1.28. The third kappa shape index (κ3) is 4.31. The van der Waals surface area contributed by atoms with Crippen molar-refractivity contribution in [3.05, 3.63) is 75.8 Å². The molecule has 0 N–H and O–H groups in total. The number of benzene rings is 2. The van der Waals surface area contributed by atoms with Crippen LogP contribution in [0.1, 0.15) is 34.9 Å². The number of piperazine rings is 1. The van der Waals surface area contributed by atoms with Crippen LogP contribution in [0.15, 0.2) is 54.6 Å². The van der Waals surface area contributed by atoms with E-state index in [0.29, 0.717) is 36.3 Å². The summed E-state index contributed by atoms with van der Waals surface area (Å²) in [5.74, 6) is 1.61. The van der Waals surface area contributed by atoms with Gasteiger partial charge in [-0.3, -0.25) is 14.3 Å². The number of carbonyl (C=O) groups is 1. The smallest absolute Gasteiger partial charge is 0.253 e. The molecular formula is C23H24ClN5OS. The first-order chi connectivity index (χ1) is 15.1. The molecule has 1 aliphatic heterocycles. The molecule has 1 aromatic heterocycles. The topological polar surface area (TPSA) is 46.3 Å². The first-order valence-corrected chi connectivity index (χ1v) is 11.4. The molecule has 1 aliphatic carbocycles.